The average molecular weight is 1070 g/mol. The van der Waals surface area contributed by atoms with Crippen molar-refractivity contribution >= 4 is 17.9 Å². The smallest absolute Gasteiger partial charge is 0.306 e. The van der Waals surface area contributed by atoms with E-state index in [2.05, 4.69) is 136 Å². The molecule has 0 aliphatic carbocycles. The van der Waals surface area contributed by atoms with Crippen LogP contribution in [0.25, 0.3) is 0 Å². The topological polar surface area (TPSA) is 78.9 Å². The van der Waals surface area contributed by atoms with Gasteiger partial charge in [-0.1, -0.05) is 277 Å². The molecule has 438 valence electrons. The highest BCUT2D eigenvalue weighted by molar-refractivity contribution is 5.71. The van der Waals surface area contributed by atoms with Crippen molar-refractivity contribution in [1.82, 2.24) is 0 Å². The first kappa shape index (κ1) is 72.8. The average Bonchev–Trinajstić information content (AvgIpc) is 3.43. The number of esters is 3. The zero-order valence-corrected chi connectivity index (χ0v) is 50.2. The number of rotatable bonds is 57. The van der Waals surface area contributed by atoms with Crippen molar-refractivity contribution in [3.8, 4) is 0 Å². The van der Waals surface area contributed by atoms with E-state index in [1.54, 1.807) is 0 Å². The van der Waals surface area contributed by atoms with Crippen molar-refractivity contribution in [1.29, 1.82) is 0 Å². The third kappa shape index (κ3) is 62.5. The number of carbonyl (C=O) groups is 3. The lowest BCUT2D eigenvalue weighted by Gasteiger charge is -2.18. The van der Waals surface area contributed by atoms with E-state index in [9.17, 15) is 14.4 Å². The molecule has 0 saturated heterocycles. The number of hydrogen-bond acceptors (Lipinski definition) is 6. The molecule has 0 N–H and O–H groups in total. The maximum atomic E-state index is 12.9. The van der Waals surface area contributed by atoms with E-state index in [0.29, 0.717) is 19.3 Å². The summed E-state index contributed by atoms with van der Waals surface area (Å²) in [4.78, 5) is 38.2. The Hall–Kier alpha value is -4.19. The van der Waals surface area contributed by atoms with Crippen LogP contribution >= 0.6 is 0 Å². The van der Waals surface area contributed by atoms with E-state index < -0.39 is 6.10 Å². The monoisotopic (exact) mass is 1070 g/mol. The predicted octanol–water partition coefficient (Wildman–Crippen LogP) is 22.0. The van der Waals surface area contributed by atoms with Gasteiger partial charge in [-0.2, -0.15) is 0 Å². The van der Waals surface area contributed by atoms with Gasteiger partial charge in [0.2, 0.25) is 0 Å². The third-order valence-electron chi connectivity index (χ3n) is 13.4. The van der Waals surface area contributed by atoms with Crippen LogP contribution in [0.4, 0.5) is 0 Å². The predicted molar refractivity (Wildman–Crippen MR) is 334 cm³/mol. The number of hydrogen-bond donors (Lipinski definition) is 0. The van der Waals surface area contributed by atoms with Crippen LogP contribution in [0, 0.1) is 0 Å². The molecule has 6 nitrogen and oxygen atoms in total. The van der Waals surface area contributed by atoms with Gasteiger partial charge in [0, 0.05) is 19.3 Å². The zero-order valence-electron chi connectivity index (χ0n) is 50.2. The molecule has 6 heteroatoms. The van der Waals surface area contributed by atoms with Gasteiger partial charge in [0.15, 0.2) is 6.10 Å². The summed E-state index contributed by atoms with van der Waals surface area (Å²) in [5.41, 5.74) is 0. The fourth-order valence-corrected chi connectivity index (χ4v) is 8.71. The molecule has 0 spiro atoms. The van der Waals surface area contributed by atoms with Gasteiger partial charge in [-0.3, -0.25) is 14.4 Å². The summed E-state index contributed by atoms with van der Waals surface area (Å²) in [6.45, 7) is 6.33. The summed E-state index contributed by atoms with van der Waals surface area (Å²) in [5.74, 6) is -1.01. The lowest BCUT2D eigenvalue weighted by Crippen LogP contribution is -2.30. The summed E-state index contributed by atoms with van der Waals surface area (Å²) in [6, 6.07) is 0. The third-order valence-corrected chi connectivity index (χ3v) is 13.4. The summed E-state index contributed by atoms with van der Waals surface area (Å²) < 4.78 is 16.8. The minimum atomic E-state index is -0.819. The zero-order chi connectivity index (χ0) is 55.7. The highest BCUT2D eigenvalue weighted by Crippen LogP contribution is 2.16. The van der Waals surface area contributed by atoms with E-state index in [0.717, 1.165) is 116 Å². The van der Waals surface area contributed by atoms with Crippen LogP contribution in [0.15, 0.2) is 122 Å². The molecule has 0 bridgehead atoms. The Balaban J connectivity index is 4.24. The van der Waals surface area contributed by atoms with E-state index in [4.69, 9.17) is 14.2 Å². The van der Waals surface area contributed by atoms with Crippen LogP contribution in [0.3, 0.4) is 0 Å². The summed E-state index contributed by atoms with van der Waals surface area (Å²) in [5, 5.41) is 0. The first-order valence-corrected chi connectivity index (χ1v) is 32.0. The molecule has 0 saturated carbocycles. The molecule has 0 aromatic carbocycles. The normalized spacial score (nSPS) is 12.9. The van der Waals surface area contributed by atoms with E-state index in [1.165, 1.54) is 128 Å². The standard InChI is InChI=1S/C71H118O6/c1-4-7-10-13-16-19-22-25-27-28-29-30-31-32-33-34-35-36-37-38-39-40-41-42-44-46-49-52-55-58-61-64-70(73)76-67-68(66-75-69(72)63-60-57-54-51-48-45-24-21-18-15-12-9-6-3)77-71(74)65-62-59-56-53-50-47-43-26-23-20-17-14-11-8-5-2/h8-9,11-12,17-18,20-22,25-26,28-29,31-32,43,45,48,54,57,68H,4-7,10,13-16,19,23-24,27,30,33-42,44,46-47,49-53,55-56,58-67H2,1-3H3/b11-8-,12-9-,20-17-,21-18-,25-22-,29-28-,32-31-,43-26-,48-45-,57-54-. The molecule has 77 heavy (non-hydrogen) atoms. The summed E-state index contributed by atoms with van der Waals surface area (Å²) in [6.07, 6.45) is 89.5. The van der Waals surface area contributed by atoms with Gasteiger partial charge in [-0.15, -0.1) is 0 Å². The molecule has 0 heterocycles. The number of allylic oxidation sites excluding steroid dienone is 20. The second-order valence-electron chi connectivity index (χ2n) is 20.9. The van der Waals surface area contributed by atoms with Crippen LogP contribution in [-0.4, -0.2) is 37.2 Å². The molecule has 0 radical (unpaired) electrons. The molecule has 0 fully saturated rings. The van der Waals surface area contributed by atoms with Gasteiger partial charge in [0.25, 0.3) is 0 Å². The first-order valence-electron chi connectivity index (χ1n) is 32.0. The van der Waals surface area contributed by atoms with E-state index >= 15 is 0 Å². The molecule has 0 aromatic rings. The van der Waals surface area contributed by atoms with E-state index in [-0.39, 0.29) is 37.5 Å². The fraction of sp³-hybridized carbons (Fsp3) is 0.676. The van der Waals surface area contributed by atoms with Gasteiger partial charge in [0.05, 0.1) is 0 Å². The SMILES string of the molecule is CC/C=C\C/C=C\C/C=C\C/C=C\CCC(=O)OCC(COC(=O)CCCCCCCCCCCCCCCCCC/C=C\C/C=C\C/C=C\CCCCCCC)OC(=O)CCCCCCC/C=C\C/C=C\C/C=C\CC. The Morgan fingerprint density at radius 3 is 0.870 bits per heavy atom. The van der Waals surface area contributed by atoms with Gasteiger partial charge in [-0.05, 0) is 116 Å². The van der Waals surface area contributed by atoms with Gasteiger partial charge in [-0.25, -0.2) is 0 Å². The largest absolute Gasteiger partial charge is 0.462 e. The van der Waals surface area contributed by atoms with Crippen molar-refractivity contribution in [2.24, 2.45) is 0 Å². The number of carbonyl (C=O) groups excluding carboxylic acids is 3. The Morgan fingerprint density at radius 1 is 0.273 bits per heavy atom. The van der Waals surface area contributed by atoms with E-state index in [1.807, 2.05) is 6.08 Å². The summed E-state index contributed by atoms with van der Waals surface area (Å²) in [7, 11) is 0. The van der Waals surface area contributed by atoms with Gasteiger partial charge in [0.1, 0.15) is 13.2 Å². The molecule has 0 aromatic heterocycles. The Bertz CT molecular complexity index is 1600. The highest BCUT2D eigenvalue weighted by atomic mass is 16.6. The maximum absolute atomic E-state index is 12.9. The number of ether oxygens (including phenoxy) is 3. The van der Waals surface area contributed by atoms with Gasteiger partial charge < -0.3 is 14.2 Å². The van der Waals surface area contributed by atoms with Crippen molar-refractivity contribution in [3.05, 3.63) is 122 Å². The minimum Gasteiger partial charge on any atom is -0.462 e. The molecule has 1 unspecified atom stereocenters. The Morgan fingerprint density at radius 2 is 0.532 bits per heavy atom. The molecule has 0 aliphatic heterocycles. The molecule has 1 atom stereocenters. The molecule has 0 amide bonds. The van der Waals surface area contributed by atoms with Crippen molar-refractivity contribution in [3.63, 3.8) is 0 Å². The second-order valence-corrected chi connectivity index (χ2v) is 20.9. The Kier molecular flexibility index (Phi) is 60.8. The first-order chi connectivity index (χ1) is 38.0. The van der Waals surface area contributed by atoms with Crippen LogP contribution in [0.2, 0.25) is 0 Å². The van der Waals surface area contributed by atoms with Crippen LogP contribution in [-0.2, 0) is 28.6 Å². The van der Waals surface area contributed by atoms with Crippen molar-refractivity contribution in [2.45, 2.75) is 297 Å². The number of unbranched alkanes of at least 4 members (excludes halogenated alkanes) is 26. The lowest BCUT2D eigenvalue weighted by molar-refractivity contribution is -0.166. The Labute approximate surface area is 475 Å². The fourth-order valence-electron chi connectivity index (χ4n) is 8.71. The molecular weight excluding hydrogens is 949 g/mol. The quantitative estimate of drug-likeness (QED) is 0.0261. The molecular formula is C71H118O6. The molecule has 0 aliphatic rings. The van der Waals surface area contributed by atoms with Crippen LogP contribution < -0.4 is 0 Å². The minimum absolute atomic E-state index is 0.108. The highest BCUT2D eigenvalue weighted by Gasteiger charge is 2.19. The molecule has 0 rings (SSSR count). The van der Waals surface area contributed by atoms with Crippen LogP contribution in [0.1, 0.15) is 290 Å². The van der Waals surface area contributed by atoms with Gasteiger partial charge >= 0.3 is 17.9 Å². The van der Waals surface area contributed by atoms with Crippen molar-refractivity contribution < 1.29 is 28.6 Å². The van der Waals surface area contributed by atoms with Crippen molar-refractivity contribution in [2.75, 3.05) is 13.2 Å². The second kappa shape index (κ2) is 64.3. The summed E-state index contributed by atoms with van der Waals surface area (Å²) >= 11 is 0. The maximum Gasteiger partial charge on any atom is 0.306 e. The van der Waals surface area contributed by atoms with Crippen LogP contribution in [0.5, 0.6) is 0 Å². The lowest BCUT2D eigenvalue weighted by atomic mass is 10.0.